The summed E-state index contributed by atoms with van der Waals surface area (Å²) in [5.41, 5.74) is 2.07. The third-order valence-corrected chi connectivity index (χ3v) is 4.91. The highest BCUT2D eigenvalue weighted by Crippen LogP contribution is 2.41. The number of carbonyl (C=O) groups excluding carboxylic acids is 1. The molecule has 1 aliphatic rings. The van der Waals surface area contributed by atoms with Crippen LogP contribution in [0.25, 0.3) is 0 Å². The maximum Gasteiger partial charge on any atom is 0.234 e. The average Bonchev–Trinajstić information content (AvgIpc) is 2.90. The van der Waals surface area contributed by atoms with Gasteiger partial charge in [0, 0.05) is 6.54 Å². The van der Waals surface area contributed by atoms with Gasteiger partial charge in [-0.3, -0.25) is 4.79 Å². The maximum absolute atomic E-state index is 12.2. The zero-order chi connectivity index (χ0) is 15.5. The lowest BCUT2D eigenvalue weighted by Crippen LogP contribution is -2.27. The van der Waals surface area contributed by atoms with Crippen LogP contribution in [0.2, 0.25) is 0 Å². The zero-order valence-electron chi connectivity index (χ0n) is 12.2. The Morgan fingerprint density at radius 3 is 2.77 bits per heavy atom. The molecule has 0 bridgehead atoms. The topological polar surface area (TPSA) is 49.8 Å². The van der Waals surface area contributed by atoms with Crippen LogP contribution in [-0.4, -0.2) is 28.8 Å². The second kappa shape index (κ2) is 6.32. The molecule has 1 heterocycles. The molecule has 0 spiro atoms. The van der Waals surface area contributed by atoms with Crippen LogP contribution < -0.4 is 4.74 Å². The van der Waals surface area contributed by atoms with E-state index in [1.165, 1.54) is 7.11 Å². The van der Waals surface area contributed by atoms with Crippen molar-refractivity contribution in [3.63, 3.8) is 0 Å². The maximum atomic E-state index is 12.2. The SMILES string of the molecule is COc1cc([C@H]2SCC(=O)N2Cc2ccccc2)ccc1O. The molecule has 5 heteroatoms. The summed E-state index contributed by atoms with van der Waals surface area (Å²) >= 11 is 1.60. The number of thioether (sulfide) groups is 1. The molecule has 1 aliphatic heterocycles. The van der Waals surface area contributed by atoms with Gasteiger partial charge in [0.05, 0.1) is 12.9 Å². The number of methoxy groups -OCH3 is 1. The minimum Gasteiger partial charge on any atom is -0.504 e. The summed E-state index contributed by atoms with van der Waals surface area (Å²) < 4.78 is 5.16. The summed E-state index contributed by atoms with van der Waals surface area (Å²) in [6, 6.07) is 15.2. The van der Waals surface area contributed by atoms with Gasteiger partial charge in [0.15, 0.2) is 11.5 Å². The molecular formula is C17H17NO3S. The number of phenolic OH excluding ortho intramolecular Hbond substituents is 1. The molecule has 1 amide bonds. The van der Waals surface area contributed by atoms with E-state index in [-0.39, 0.29) is 17.0 Å². The van der Waals surface area contributed by atoms with Crippen molar-refractivity contribution in [2.24, 2.45) is 0 Å². The van der Waals surface area contributed by atoms with E-state index in [2.05, 4.69) is 0 Å². The van der Waals surface area contributed by atoms with Crippen LogP contribution in [-0.2, 0) is 11.3 Å². The molecule has 0 aromatic heterocycles. The van der Waals surface area contributed by atoms with Crippen LogP contribution in [0.5, 0.6) is 11.5 Å². The zero-order valence-corrected chi connectivity index (χ0v) is 13.0. The number of hydrogen-bond donors (Lipinski definition) is 1. The van der Waals surface area contributed by atoms with Crippen molar-refractivity contribution in [1.82, 2.24) is 4.90 Å². The molecule has 1 N–H and O–H groups in total. The van der Waals surface area contributed by atoms with Crippen LogP contribution in [0.15, 0.2) is 48.5 Å². The van der Waals surface area contributed by atoms with E-state index in [1.54, 1.807) is 23.9 Å². The number of carbonyl (C=O) groups is 1. The van der Waals surface area contributed by atoms with Gasteiger partial charge in [0.2, 0.25) is 5.91 Å². The number of benzene rings is 2. The quantitative estimate of drug-likeness (QED) is 0.941. The molecule has 0 saturated carbocycles. The molecule has 3 rings (SSSR count). The molecule has 4 nitrogen and oxygen atoms in total. The van der Waals surface area contributed by atoms with E-state index in [9.17, 15) is 9.90 Å². The van der Waals surface area contributed by atoms with E-state index >= 15 is 0 Å². The number of amides is 1. The fourth-order valence-electron chi connectivity index (χ4n) is 2.53. The van der Waals surface area contributed by atoms with Crippen molar-refractivity contribution >= 4 is 17.7 Å². The summed E-state index contributed by atoms with van der Waals surface area (Å²) in [5, 5.41) is 9.67. The van der Waals surface area contributed by atoms with Gasteiger partial charge >= 0.3 is 0 Å². The molecule has 0 radical (unpaired) electrons. The van der Waals surface area contributed by atoms with E-state index < -0.39 is 0 Å². The first-order chi connectivity index (χ1) is 10.7. The molecule has 1 atom stereocenters. The Kier molecular flexibility index (Phi) is 4.24. The summed E-state index contributed by atoms with van der Waals surface area (Å²) in [6.45, 7) is 0.584. The van der Waals surface area contributed by atoms with Crippen LogP contribution in [0.1, 0.15) is 16.5 Å². The summed E-state index contributed by atoms with van der Waals surface area (Å²) in [7, 11) is 1.52. The third-order valence-electron chi connectivity index (χ3n) is 3.65. The molecule has 0 aliphatic carbocycles. The van der Waals surface area contributed by atoms with Crippen molar-refractivity contribution in [1.29, 1.82) is 0 Å². The lowest BCUT2D eigenvalue weighted by molar-refractivity contribution is -0.128. The van der Waals surface area contributed by atoms with E-state index in [0.717, 1.165) is 11.1 Å². The van der Waals surface area contributed by atoms with E-state index in [0.29, 0.717) is 18.0 Å². The Hall–Kier alpha value is -2.14. The molecule has 1 saturated heterocycles. The predicted octanol–water partition coefficient (Wildman–Crippen LogP) is 3.18. The first kappa shape index (κ1) is 14.8. The van der Waals surface area contributed by atoms with Gasteiger partial charge in [0.25, 0.3) is 0 Å². The number of hydrogen-bond acceptors (Lipinski definition) is 4. The van der Waals surface area contributed by atoms with Crippen molar-refractivity contribution in [3.05, 3.63) is 59.7 Å². The Morgan fingerprint density at radius 2 is 2.05 bits per heavy atom. The molecular weight excluding hydrogens is 298 g/mol. The average molecular weight is 315 g/mol. The molecule has 2 aromatic carbocycles. The number of ether oxygens (including phenoxy) is 1. The van der Waals surface area contributed by atoms with Crippen LogP contribution >= 0.6 is 11.8 Å². The second-order valence-corrected chi connectivity index (χ2v) is 6.17. The van der Waals surface area contributed by atoms with Crippen molar-refractivity contribution in [2.75, 3.05) is 12.9 Å². The number of rotatable bonds is 4. The smallest absolute Gasteiger partial charge is 0.234 e. The number of phenols is 1. The predicted molar refractivity (Wildman–Crippen MR) is 86.8 cm³/mol. The van der Waals surface area contributed by atoms with Gasteiger partial charge in [-0.2, -0.15) is 0 Å². The molecule has 0 unspecified atom stereocenters. The second-order valence-electron chi connectivity index (χ2n) is 5.10. The summed E-state index contributed by atoms with van der Waals surface area (Å²) in [6.07, 6.45) is 0. The number of nitrogens with zero attached hydrogens (tertiary/aromatic N) is 1. The van der Waals surface area contributed by atoms with Gasteiger partial charge in [-0.25, -0.2) is 0 Å². The first-order valence-electron chi connectivity index (χ1n) is 7.01. The monoisotopic (exact) mass is 315 g/mol. The molecule has 22 heavy (non-hydrogen) atoms. The largest absolute Gasteiger partial charge is 0.504 e. The highest BCUT2D eigenvalue weighted by Gasteiger charge is 2.33. The Morgan fingerprint density at radius 1 is 1.27 bits per heavy atom. The highest BCUT2D eigenvalue weighted by atomic mass is 32.2. The number of aromatic hydroxyl groups is 1. The Balaban J connectivity index is 1.87. The fraction of sp³-hybridized carbons (Fsp3) is 0.235. The van der Waals surface area contributed by atoms with Gasteiger partial charge in [-0.15, -0.1) is 11.8 Å². The van der Waals surface area contributed by atoms with Gasteiger partial charge in [-0.05, 0) is 23.3 Å². The minimum absolute atomic E-state index is 0.0535. The van der Waals surface area contributed by atoms with Crippen LogP contribution in [0, 0.1) is 0 Å². The van der Waals surface area contributed by atoms with Crippen molar-refractivity contribution in [3.8, 4) is 11.5 Å². The molecule has 114 valence electrons. The summed E-state index contributed by atoms with van der Waals surface area (Å²) in [5.74, 6) is 1.14. The Bertz CT molecular complexity index is 675. The highest BCUT2D eigenvalue weighted by molar-refractivity contribution is 8.00. The molecule has 2 aromatic rings. The third kappa shape index (κ3) is 2.90. The molecule has 1 fully saturated rings. The Labute approximate surface area is 133 Å². The lowest BCUT2D eigenvalue weighted by Gasteiger charge is -2.24. The summed E-state index contributed by atoms with van der Waals surface area (Å²) in [4.78, 5) is 14.1. The first-order valence-corrected chi connectivity index (χ1v) is 8.06. The van der Waals surface area contributed by atoms with Crippen LogP contribution in [0.3, 0.4) is 0 Å². The fourth-order valence-corrected chi connectivity index (χ4v) is 3.71. The van der Waals surface area contributed by atoms with Gasteiger partial charge < -0.3 is 14.7 Å². The van der Waals surface area contributed by atoms with Crippen molar-refractivity contribution < 1.29 is 14.6 Å². The van der Waals surface area contributed by atoms with Gasteiger partial charge in [-0.1, -0.05) is 36.4 Å². The van der Waals surface area contributed by atoms with E-state index in [4.69, 9.17) is 4.74 Å². The van der Waals surface area contributed by atoms with Crippen molar-refractivity contribution in [2.45, 2.75) is 11.9 Å². The normalized spacial score (nSPS) is 17.8. The minimum atomic E-state index is -0.0535. The standard InChI is InChI=1S/C17H17NO3S/c1-21-15-9-13(7-8-14(15)19)17-18(16(20)11-22-17)10-12-5-3-2-4-6-12/h2-9,17,19H,10-11H2,1H3/t17-/m1/s1. The lowest BCUT2D eigenvalue weighted by atomic mass is 10.1. The van der Waals surface area contributed by atoms with E-state index in [1.807, 2.05) is 41.3 Å². The van der Waals surface area contributed by atoms with Gasteiger partial charge in [0.1, 0.15) is 5.37 Å². The van der Waals surface area contributed by atoms with Crippen LogP contribution in [0.4, 0.5) is 0 Å².